The number of amidine groups is 1. The minimum absolute atomic E-state index is 0.0519. The number of aryl methyl sites for hydroxylation is 1. The number of ether oxygens (including phenoxy) is 1. The second-order valence-corrected chi connectivity index (χ2v) is 9.91. The molecule has 3 aromatic carbocycles. The van der Waals surface area contributed by atoms with Crippen LogP contribution in [0, 0.1) is 18.3 Å². The largest absolute Gasteiger partial charge is 0.454 e. The third-order valence-corrected chi connectivity index (χ3v) is 7.81. The van der Waals surface area contributed by atoms with Gasteiger partial charge in [0.15, 0.2) is 5.75 Å². The summed E-state index contributed by atoms with van der Waals surface area (Å²) in [6.07, 6.45) is 0. The lowest BCUT2D eigenvalue weighted by molar-refractivity contribution is 0.266. The first-order chi connectivity index (χ1) is 16.0. The molecule has 0 unspecified atom stereocenters. The van der Waals surface area contributed by atoms with Gasteiger partial charge in [-0.25, -0.2) is 13.4 Å². The highest BCUT2D eigenvalue weighted by molar-refractivity contribution is 7.89. The Kier molecular flexibility index (Phi) is 5.36. The molecule has 0 aliphatic carbocycles. The van der Waals surface area contributed by atoms with Crippen LogP contribution in [0.3, 0.4) is 0 Å². The molecule has 0 aromatic heterocycles. The molecule has 0 N–H and O–H groups in total. The number of benzene rings is 3. The van der Waals surface area contributed by atoms with Crippen LogP contribution in [0.1, 0.15) is 16.7 Å². The Hall–Kier alpha value is -3.67. The zero-order valence-corrected chi connectivity index (χ0v) is 18.9. The summed E-state index contributed by atoms with van der Waals surface area (Å²) >= 11 is 0. The molecular weight excluding hydrogens is 436 g/mol. The predicted octanol–water partition coefficient (Wildman–Crippen LogP) is 4.06. The number of piperazine rings is 1. The number of hydrogen-bond donors (Lipinski definition) is 0. The van der Waals surface area contributed by atoms with Gasteiger partial charge in [0.2, 0.25) is 10.0 Å². The van der Waals surface area contributed by atoms with E-state index in [1.807, 2.05) is 55.5 Å². The molecule has 0 amide bonds. The van der Waals surface area contributed by atoms with E-state index < -0.39 is 10.0 Å². The molecule has 166 valence electrons. The molecular formula is C25H22N4O3S. The number of aliphatic imine (C=N–C) groups is 1. The highest BCUT2D eigenvalue weighted by Crippen LogP contribution is 2.38. The van der Waals surface area contributed by atoms with Crippen molar-refractivity contribution >= 4 is 21.5 Å². The van der Waals surface area contributed by atoms with Crippen LogP contribution in [-0.4, -0.2) is 49.6 Å². The minimum Gasteiger partial charge on any atom is -0.454 e. The van der Waals surface area contributed by atoms with Crippen LogP contribution < -0.4 is 4.74 Å². The van der Waals surface area contributed by atoms with Crippen molar-refractivity contribution in [3.05, 3.63) is 83.4 Å². The van der Waals surface area contributed by atoms with Crippen LogP contribution in [0.4, 0.5) is 5.69 Å². The molecule has 0 spiro atoms. The fraction of sp³-hybridized carbons (Fsp3) is 0.200. The fourth-order valence-corrected chi connectivity index (χ4v) is 5.70. The number of fused-ring (bicyclic) bond motifs is 2. The monoisotopic (exact) mass is 458 g/mol. The zero-order chi connectivity index (χ0) is 23.0. The van der Waals surface area contributed by atoms with Crippen molar-refractivity contribution in [3.8, 4) is 17.6 Å². The zero-order valence-electron chi connectivity index (χ0n) is 18.1. The van der Waals surface area contributed by atoms with E-state index in [1.165, 1.54) is 16.4 Å². The third-order valence-electron chi connectivity index (χ3n) is 5.85. The molecule has 2 aliphatic heterocycles. The summed E-state index contributed by atoms with van der Waals surface area (Å²) < 4.78 is 34.0. The standard InChI is InChI=1S/C25H22N4O3S/c1-18-10-11-22-20(16-18)25(27-21-7-3-4-8-23(21)32-22)28-12-14-29(15-13-28)33(30,31)24-9-5-2-6-19(24)17-26/h2-11,16H,12-15H2,1H3. The predicted molar refractivity (Wildman–Crippen MR) is 125 cm³/mol. The number of para-hydroxylation sites is 2. The summed E-state index contributed by atoms with van der Waals surface area (Å²) in [5, 5.41) is 9.35. The highest BCUT2D eigenvalue weighted by atomic mass is 32.2. The molecule has 0 saturated carbocycles. The Bertz CT molecular complexity index is 1400. The lowest BCUT2D eigenvalue weighted by Crippen LogP contribution is -2.50. The van der Waals surface area contributed by atoms with Gasteiger partial charge < -0.3 is 9.64 Å². The lowest BCUT2D eigenvalue weighted by atomic mass is 10.1. The smallest absolute Gasteiger partial charge is 0.244 e. The number of nitrogens with zero attached hydrogens (tertiary/aromatic N) is 4. The molecule has 0 radical (unpaired) electrons. The molecule has 0 atom stereocenters. The summed E-state index contributed by atoms with van der Waals surface area (Å²) in [6, 6.07) is 21.9. The Balaban J connectivity index is 1.46. The van der Waals surface area contributed by atoms with Crippen LogP contribution in [-0.2, 0) is 10.0 Å². The average molecular weight is 459 g/mol. The van der Waals surface area contributed by atoms with Crippen molar-refractivity contribution in [2.45, 2.75) is 11.8 Å². The second kappa shape index (κ2) is 8.35. The van der Waals surface area contributed by atoms with Crippen molar-refractivity contribution in [3.63, 3.8) is 0 Å². The van der Waals surface area contributed by atoms with Gasteiger partial charge in [-0.05, 0) is 43.3 Å². The summed E-state index contributed by atoms with van der Waals surface area (Å²) in [4.78, 5) is 7.08. The van der Waals surface area contributed by atoms with Crippen LogP contribution in [0.2, 0.25) is 0 Å². The topological polar surface area (TPSA) is 86.0 Å². The van der Waals surface area contributed by atoms with E-state index in [-0.39, 0.29) is 10.5 Å². The summed E-state index contributed by atoms with van der Waals surface area (Å²) in [7, 11) is -3.76. The minimum atomic E-state index is -3.76. The molecule has 7 nitrogen and oxygen atoms in total. The van der Waals surface area contributed by atoms with Crippen molar-refractivity contribution in [2.24, 2.45) is 4.99 Å². The van der Waals surface area contributed by atoms with Gasteiger partial charge in [0.25, 0.3) is 0 Å². The maximum atomic E-state index is 13.2. The van der Waals surface area contributed by atoms with Crippen molar-refractivity contribution in [2.75, 3.05) is 26.2 Å². The number of nitriles is 1. The highest BCUT2D eigenvalue weighted by Gasteiger charge is 2.32. The molecule has 33 heavy (non-hydrogen) atoms. The first-order valence-corrected chi connectivity index (χ1v) is 12.1. The second-order valence-electron chi connectivity index (χ2n) is 8.00. The molecule has 1 fully saturated rings. The first-order valence-electron chi connectivity index (χ1n) is 10.7. The van der Waals surface area contributed by atoms with Crippen LogP contribution in [0.5, 0.6) is 11.5 Å². The molecule has 1 saturated heterocycles. The molecule has 2 heterocycles. The van der Waals surface area contributed by atoms with Crippen LogP contribution >= 0.6 is 0 Å². The molecule has 8 heteroatoms. The van der Waals surface area contributed by atoms with Gasteiger partial charge in [-0.15, -0.1) is 0 Å². The van der Waals surface area contributed by atoms with E-state index in [0.29, 0.717) is 31.9 Å². The van der Waals surface area contributed by atoms with Crippen molar-refractivity contribution < 1.29 is 13.2 Å². The molecule has 5 rings (SSSR count). The Morgan fingerprint density at radius 2 is 1.67 bits per heavy atom. The number of hydrogen-bond acceptors (Lipinski definition) is 6. The Labute approximate surface area is 193 Å². The van der Waals surface area contributed by atoms with E-state index in [0.717, 1.165) is 28.4 Å². The normalized spacial score (nSPS) is 16.0. The van der Waals surface area contributed by atoms with Gasteiger partial charge in [-0.3, -0.25) is 0 Å². The maximum Gasteiger partial charge on any atom is 0.244 e. The fourth-order valence-electron chi connectivity index (χ4n) is 4.14. The quantitative estimate of drug-likeness (QED) is 0.578. The first kappa shape index (κ1) is 21.2. The van der Waals surface area contributed by atoms with Gasteiger partial charge >= 0.3 is 0 Å². The van der Waals surface area contributed by atoms with E-state index in [4.69, 9.17) is 9.73 Å². The summed E-state index contributed by atoms with van der Waals surface area (Å²) in [6.45, 7) is 3.56. The van der Waals surface area contributed by atoms with E-state index >= 15 is 0 Å². The third kappa shape index (κ3) is 3.86. The lowest BCUT2D eigenvalue weighted by Gasteiger charge is -2.36. The number of rotatable bonds is 2. The van der Waals surface area contributed by atoms with Gasteiger partial charge in [0, 0.05) is 26.2 Å². The van der Waals surface area contributed by atoms with Gasteiger partial charge in [0.05, 0.1) is 16.0 Å². The van der Waals surface area contributed by atoms with Crippen LogP contribution in [0.25, 0.3) is 0 Å². The van der Waals surface area contributed by atoms with Crippen molar-refractivity contribution in [1.29, 1.82) is 5.26 Å². The van der Waals surface area contributed by atoms with Gasteiger partial charge in [-0.2, -0.15) is 9.57 Å². The average Bonchev–Trinajstić information content (AvgIpc) is 3.00. The van der Waals surface area contributed by atoms with E-state index in [2.05, 4.69) is 4.90 Å². The van der Waals surface area contributed by atoms with Crippen LogP contribution in [0.15, 0.2) is 76.6 Å². The van der Waals surface area contributed by atoms with Gasteiger partial charge in [0.1, 0.15) is 23.3 Å². The molecule has 2 aliphatic rings. The summed E-state index contributed by atoms with van der Waals surface area (Å²) in [5.41, 5.74) is 2.87. The Morgan fingerprint density at radius 1 is 0.939 bits per heavy atom. The van der Waals surface area contributed by atoms with Crippen molar-refractivity contribution in [1.82, 2.24) is 9.21 Å². The maximum absolute atomic E-state index is 13.2. The molecule has 3 aromatic rings. The van der Waals surface area contributed by atoms with Gasteiger partial charge in [-0.1, -0.05) is 35.9 Å². The van der Waals surface area contributed by atoms with E-state index in [9.17, 15) is 13.7 Å². The molecule has 0 bridgehead atoms. The van der Waals surface area contributed by atoms with E-state index in [1.54, 1.807) is 12.1 Å². The number of sulfonamides is 1. The Morgan fingerprint density at radius 3 is 2.45 bits per heavy atom. The SMILES string of the molecule is Cc1ccc2c(c1)C(N1CCN(S(=O)(=O)c3ccccc3C#N)CC1)=Nc1ccccc1O2. The summed E-state index contributed by atoms with van der Waals surface area (Å²) in [5.74, 6) is 2.18.